The van der Waals surface area contributed by atoms with Crippen LogP contribution in [0.5, 0.6) is 0 Å². The van der Waals surface area contributed by atoms with Crippen molar-refractivity contribution in [2.75, 3.05) is 27.2 Å². The quantitative estimate of drug-likeness (QED) is 0.534. The maximum absolute atomic E-state index is 3.59. The van der Waals surface area contributed by atoms with Crippen LogP contribution >= 0.6 is 15.9 Å². The van der Waals surface area contributed by atoms with Gasteiger partial charge in [0.1, 0.15) is 0 Å². The second kappa shape index (κ2) is 3.69. The predicted octanol–water partition coefficient (Wildman–Crippen LogP) is 0.878. The van der Waals surface area contributed by atoms with Crippen molar-refractivity contribution in [3.05, 3.63) is 0 Å². The molecule has 0 amide bonds. The molecule has 3 heteroatoms. The lowest BCUT2D eigenvalue weighted by atomic mass is 10.1. The Morgan fingerprint density at radius 3 is 2.80 bits per heavy atom. The lowest BCUT2D eigenvalue weighted by Gasteiger charge is -2.15. The molecule has 10 heavy (non-hydrogen) atoms. The molecule has 0 radical (unpaired) electrons. The van der Waals surface area contributed by atoms with E-state index in [1.807, 2.05) is 7.05 Å². The van der Waals surface area contributed by atoms with Crippen LogP contribution in [0.25, 0.3) is 0 Å². The Kier molecular flexibility index (Phi) is 3.14. The molecule has 1 heterocycles. The maximum Gasteiger partial charge on any atom is 0.0669 e. The molecule has 1 N–H and O–H groups in total. The highest BCUT2D eigenvalue weighted by molar-refractivity contribution is 9.09. The minimum absolute atomic E-state index is 0.498. The molecule has 0 spiro atoms. The van der Waals surface area contributed by atoms with Gasteiger partial charge in [-0.05, 0) is 33.0 Å². The van der Waals surface area contributed by atoms with Gasteiger partial charge in [-0.25, -0.2) is 0 Å². The van der Waals surface area contributed by atoms with E-state index in [1.54, 1.807) is 0 Å². The SMILES string of the molecule is CNC(Br)C1CCN(C)C1. The molecular formula is C7H15BrN2. The molecule has 1 aliphatic rings. The molecule has 1 aliphatic heterocycles. The number of nitrogens with one attached hydrogen (secondary N) is 1. The highest BCUT2D eigenvalue weighted by atomic mass is 79.9. The van der Waals surface area contributed by atoms with Crippen LogP contribution in [-0.2, 0) is 0 Å². The maximum atomic E-state index is 3.59. The topological polar surface area (TPSA) is 15.3 Å². The Morgan fingerprint density at radius 1 is 1.70 bits per heavy atom. The van der Waals surface area contributed by atoms with Gasteiger partial charge in [0.15, 0.2) is 0 Å². The van der Waals surface area contributed by atoms with Gasteiger partial charge in [-0.1, -0.05) is 15.9 Å². The summed E-state index contributed by atoms with van der Waals surface area (Å²) in [5.74, 6) is 0.787. The number of likely N-dealkylation sites (tertiary alicyclic amines) is 1. The number of alkyl halides is 1. The lowest BCUT2D eigenvalue weighted by Crippen LogP contribution is -2.29. The van der Waals surface area contributed by atoms with Crippen molar-refractivity contribution >= 4 is 15.9 Å². The summed E-state index contributed by atoms with van der Waals surface area (Å²) >= 11 is 3.59. The van der Waals surface area contributed by atoms with Crippen molar-refractivity contribution in [2.45, 2.75) is 11.4 Å². The van der Waals surface area contributed by atoms with Crippen molar-refractivity contribution in [2.24, 2.45) is 5.92 Å². The van der Waals surface area contributed by atoms with Gasteiger partial charge in [-0.3, -0.25) is 0 Å². The normalized spacial score (nSPS) is 30.9. The molecule has 1 saturated heterocycles. The van der Waals surface area contributed by atoms with Crippen LogP contribution in [0.15, 0.2) is 0 Å². The van der Waals surface area contributed by atoms with E-state index in [4.69, 9.17) is 0 Å². The Balaban J connectivity index is 2.29. The fraction of sp³-hybridized carbons (Fsp3) is 1.00. The number of hydrogen-bond donors (Lipinski definition) is 1. The molecule has 0 aromatic carbocycles. The molecule has 0 saturated carbocycles. The van der Waals surface area contributed by atoms with Gasteiger partial charge in [0, 0.05) is 6.54 Å². The minimum Gasteiger partial charge on any atom is -0.308 e. The number of rotatable bonds is 2. The molecule has 0 aromatic heterocycles. The van der Waals surface area contributed by atoms with Crippen LogP contribution < -0.4 is 5.32 Å². The van der Waals surface area contributed by atoms with E-state index in [2.05, 4.69) is 33.2 Å². The Labute approximate surface area is 71.1 Å². The van der Waals surface area contributed by atoms with Crippen LogP contribution in [-0.4, -0.2) is 37.0 Å². The van der Waals surface area contributed by atoms with Crippen LogP contribution in [0, 0.1) is 5.92 Å². The lowest BCUT2D eigenvalue weighted by molar-refractivity contribution is 0.386. The Hall–Kier alpha value is 0.400. The first-order chi connectivity index (χ1) is 4.74. The van der Waals surface area contributed by atoms with Gasteiger partial charge < -0.3 is 10.2 Å². The molecule has 60 valence electrons. The van der Waals surface area contributed by atoms with E-state index in [1.165, 1.54) is 19.5 Å². The third-order valence-electron chi connectivity index (χ3n) is 2.12. The first kappa shape index (κ1) is 8.50. The molecule has 1 fully saturated rings. The van der Waals surface area contributed by atoms with E-state index in [0.717, 1.165) is 5.92 Å². The molecule has 0 aliphatic carbocycles. The summed E-state index contributed by atoms with van der Waals surface area (Å²) in [4.78, 5) is 2.87. The van der Waals surface area contributed by atoms with Crippen molar-refractivity contribution in [1.82, 2.24) is 10.2 Å². The van der Waals surface area contributed by atoms with Crippen LogP contribution in [0.1, 0.15) is 6.42 Å². The molecule has 1 rings (SSSR count). The van der Waals surface area contributed by atoms with Gasteiger partial charge in [-0.2, -0.15) is 0 Å². The van der Waals surface area contributed by atoms with Gasteiger partial charge in [0.25, 0.3) is 0 Å². The molecule has 2 nitrogen and oxygen atoms in total. The third kappa shape index (κ3) is 1.94. The average molecular weight is 207 g/mol. The first-order valence-electron chi connectivity index (χ1n) is 3.74. The summed E-state index contributed by atoms with van der Waals surface area (Å²) in [5, 5.41) is 3.22. The summed E-state index contributed by atoms with van der Waals surface area (Å²) in [6.45, 7) is 2.46. The van der Waals surface area contributed by atoms with Crippen LogP contribution in [0.4, 0.5) is 0 Å². The third-order valence-corrected chi connectivity index (χ3v) is 3.32. The van der Waals surface area contributed by atoms with Crippen LogP contribution in [0.2, 0.25) is 0 Å². The molecular weight excluding hydrogens is 192 g/mol. The van der Waals surface area contributed by atoms with E-state index in [9.17, 15) is 0 Å². The Morgan fingerprint density at radius 2 is 2.40 bits per heavy atom. The van der Waals surface area contributed by atoms with Gasteiger partial charge >= 0.3 is 0 Å². The molecule has 2 atom stereocenters. The molecule has 0 bridgehead atoms. The van der Waals surface area contributed by atoms with Gasteiger partial charge in [-0.15, -0.1) is 0 Å². The summed E-state index contributed by atoms with van der Waals surface area (Å²) in [5.41, 5.74) is 0. The predicted molar refractivity (Wildman–Crippen MR) is 47.4 cm³/mol. The summed E-state index contributed by atoms with van der Waals surface area (Å²) < 4.78 is 0. The number of hydrogen-bond acceptors (Lipinski definition) is 2. The highest BCUT2D eigenvalue weighted by Crippen LogP contribution is 2.21. The minimum atomic E-state index is 0.498. The fourth-order valence-electron chi connectivity index (χ4n) is 1.44. The van der Waals surface area contributed by atoms with Crippen LogP contribution in [0.3, 0.4) is 0 Å². The second-order valence-corrected chi connectivity index (χ2v) is 3.99. The zero-order chi connectivity index (χ0) is 7.56. The highest BCUT2D eigenvalue weighted by Gasteiger charge is 2.24. The average Bonchev–Trinajstić information content (AvgIpc) is 2.34. The summed E-state index contributed by atoms with van der Waals surface area (Å²) in [6, 6.07) is 0. The zero-order valence-corrected chi connectivity index (χ0v) is 8.19. The number of halogens is 1. The van der Waals surface area contributed by atoms with E-state index < -0.39 is 0 Å². The monoisotopic (exact) mass is 206 g/mol. The first-order valence-corrected chi connectivity index (χ1v) is 4.65. The zero-order valence-electron chi connectivity index (χ0n) is 6.60. The van der Waals surface area contributed by atoms with Gasteiger partial charge in [0.05, 0.1) is 4.95 Å². The largest absolute Gasteiger partial charge is 0.308 e. The van der Waals surface area contributed by atoms with Crippen molar-refractivity contribution in [3.8, 4) is 0 Å². The Bertz CT molecular complexity index is 108. The van der Waals surface area contributed by atoms with E-state index >= 15 is 0 Å². The van der Waals surface area contributed by atoms with Crippen molar-refractivity contribution in [1.29, 1.82) is 0 Å². The smallest absolute Gasteiger partial charge is 0.0669 e. The van der Waals surface area contributed by atoms with E-state index in [0.29, 0.717) is 4.95 Å². The van der Waals surface area contributed by atoms with Gasteiger partial charge in [0.2, 0.25) is 0 Å². The summed E-state index contributed by atoms with van der Waals surface area (Å²) in [7, 11) is 4.17. The standard InChI is InChI=1S/C7H15BrN2/c1-9-7(8)6-3-4-10(2)5-6/h6-7,9H,3-5H2,1-2H3. The number of nitrogens with zero attached hydrogens (tertiary/aromatic N) is 1. The van der Waals surface area contributed by atoms with E-state index in [-0.39, 0.29) is 0 Å². The summed E-state index contributed by atoms with van der Waals surface area (Å²) in [6.07, 6.45) is 1.31. The van der Waals surface area contributed by atoms with Crippen molar-refractivity contribution < 1.29 is 0 Å². The van der Waals surface area contributed by atoms with Crippen molar-refractivity contribution in [3.63, 3.8) is 0 Å². The second-order valence-electron chi connectivity index (χ2n) is 3.00. The molecule has 2 unspecified atom stereocenters. The fourth-order valence-corrected chi connectivity index (χ4v) is 1.88. The molecule has 0 aromatic rings.